The number of unbranched alkanes of at least 4 members (excludes halogenated alkanes) is 2. The van der Waals surface area contributed by atoms with Gasteiger partial charge in [0.05, 0.1) is 11.0 Å². The predicted molar refractivity (Wildman–Crippen MR) is 89.6 cm³/mol. The molecule has 0 aliphatic rings. The maximum atomic E-state index is 11.3. The summed E-state index contributed by atoms with van der Waals surface area (Å²) in [5.41, 5.74) is 0.554. The first-order valence-corrected chi connectivity index (χ1v) is 8.62. The molecule has 0 atom stereocenters. The van der Waals surface area contributed by atoms with E-state index in [-0.39, 0.29) is 16.7 Å². The van der Waals surface area contributed by atoms with Gasteiger partial charge in [-0.25, -0.2) is 0 Å². The van der Waals surface area contributed by atoms with Crippen LogP contribution in [0.25, 0.3) is 0 Å². The smallest absolute Gasteiger partial charge is 0.333 e. The van der Waals surface area contributed by atoms with Gasteiger partial charge in [0.1, 0.15) is 5.69 Å². The van der Waals surface area contributed by atoms with Gasteiger partial charge in [-0.2, -0.15) is 11.8 Å². The molecule has 0 radical (unpaired) electrons. The molecule has 21 heavy (non-hydrogen) atoms. The number of nitro benzene ring substituents is 1. The normalized spacial score (nSPS) is 10.7. The summed E-state index contributed by atoms with van der Waals surface area (Å²) in [5.74, 6) is 1.49. The zero-order valence-electron chi connectivity index (χ0n) is 12.9. The topological polar surface area (TPSA) is 64.4 Å². The summed E-state index contributed by atoms with van der Waals surface area (Å²) < 4.78 is 5.52. The van der Waals surface area contributed by atoms with Crippen molar-refractivity contribution in [3.05, 3.63) is 28.3 Å². The van der Waals surface area contributed by atoms with E-state index in [1.807, 2.05) is 25.6 Å². The van der Waals surface area contributed by atoms with Crippen LogP contribution in [0, 0.1) is 10.1 Å². The molecule has 1 aromatic rings. The highest BCUT2D eigenvalue weighted by atomic mass is 32.2. The van der Waals surface area contributed by atoms with Gasteiger partial charge in [0.2, 0.25) is 0 Å². The first kappa shape index (κ1) is 17.6. The fourth-order valence-corrected chi connectivity index (χ4v) is 2.47. The van der Waals surface area contributed by atoms with E-state index >= 15 is 0 Å². The Labute approximate surface area is 130 Å². The molecular weight excluding hydrogens is 288 g/mol. The third kappa shape index (κ3) is 6.25. The van der Waals surface area contributed by atoms with E-state index in [1.54, 1.807) is 18.2 Å². The number of nitrogens with one attached hydrogen (secondary N) is 1. The third-order valence-electron chi connectivity index (χ3n) is 2.88. The van der Waals surface area contributed by atoms with Crippen molar-refractivity contribution in [1.82, 2.24) is 0 Å². The number of rotatable bonds is 10. The minimum atomic E-state index is -0.381. The molecular formula is C15H24N2O3S. The molecule has 0 fully saturated rings. The third-order valence-corrected chi connectivity index (χ3v) is 3.58. The minimum Gasteiger partial charge on any atom is -0.484 e. The second-order valence-corrected chi connectivity index (χ2v) is 6.04. The van der Waals surface area contributed by atoms with Gasteiger partial charge in [-0.1, -0.05) is 12.5 Å². The first-order valence-electron chi connectivity index (χ1n) is 7.23. The van der Waals surface area contributed by atoms with Gasteiger partial charge >= 0.3 is 5.69 Å². The molecule has 5 nitrogen and oxygen atoms in total. The summed E-state index contributed by atoms with van der Waals surface area (Å²) >= 11 is 1.84. The van der Waals surface area contributed by atoms with E-state index in [0.29, 0.717) is 11.4 Å². The Morgan fingerprint density at radius 3 is 2.71 bits per heavy atom. The van der Waals surface area contributed by atoms with Crippen molar-refractivity contribution in [3.63, 3.8) is 0 Å². The molecule has 1 N–H and O–H groups in total. The lowest BCUT2D eigenvalue weighted by atomic mass is 10.2. The molecule has 0 heterocycles. The van der Waals surface area contributed by atoms with Gasteiger partial charge < -0.3 is 10.1 Å². The van der Waals surface area contributed by atoms with Crippen molar-refractivity contribution in [1.29, 1.82) is 0 Å². The number of ether oxygens (including phenoxy) is 1. The number of benzene rings is 1. The maximum Gasteiger partial charge on any atom is 0.333 e. The molecule has 1 aromatic carbocycles. The maximum absolute atomic E-state index is 11.3. The number of para-hydroxylation sites is 1. The second kappa shape index (κ2) is 9.50. The van der Waals surface area contributed by atoms with Crippen molar-refractivity contribution in [3.8, 4) is 5.75 Å². The summed E-state index contributed by atoms with van der Waals surface area (Å²) in [4.78, 5) is 10.9. The Morgan fingerprint density at radius 2 is 2.10 bits per heavy atom. The van der Waals surface area contributed by atoms with Gasteiger partial charge in [-0.3, -0.25) is 10.1 Å². The van der Waals surface area contributed by atoms with Crippen LogP contribution in [0.2, 0.25) is 0 Å². The van der Waals surface area contributed by atoms with E-state index < -0.39 is 0 Å². The van der Waals surface area contributed by atoms with Crippen LogP contribution in [-0.2, 0) is 0 Å². The van der Waals surface area contributed by atoms with E-state index in [2.05, 4.69) is 11.6 Å². The Kier molecular flexibility index (Phi) is 7.97. The van der Waals surface area contributed by atoms with Gasteiger partial charge in [0.15, 0.2) is 5.75 Å². The summed E-state index contributed by atoms with van der Waals surface area (Å²) in [6.45, 7) is 4.45. The molecule has 0 bridgehead atoms. The molecule has 0 aromatic heterocycles. The standard InChI is InChI=1S/C15H24N2O3S/c1-12(2)20-14-9-7-8-13(15(14)17(18)19)16-10-5-4-6-11-21-3/h7-9,12,16H,4-6,10-11H2,1-3H3. The fraction of sp³-hybridized carbons (Fsp3) is 0.600. The highest BCUT2D eigenvalue weighted by Gasteiger charge is 2.21. The molecule has 0 spiro atoms. The van der Waals surface area contributed by atoms with Crippen LogP contribution in [0.4, 0.5) is 11.4 Å². The lowest BCUT2D eigenvalue weighted by Crippen LogP contribution is -2.10. The summed E-state index contributed by atoms with van der Waals surface area (Å²) in [7, 11) is 0. The number of hydrogen-bond donors (Lipinski definition) is 1. The zero-order chi connectivity index (χ0) is 15.7. The number of hydrogen-bond acceptors (Lipinski definition) is 5. The Balaban J connectivity index is 2.66. The van der Waals surface area contributed by atoms with Crippen LogP contribution >= 0.6 is 11.8 Å². The Bertz CT molecular complexity index is 453. The Morgan fingerprint density at radius 1 is 1.33 bits per heavy atom. The van der Waals surface area contributed by atoms with Crippen molar-refractivity contribution < 1.29 is 9.66 Å². The Hall–Kier alpha value is -1.43. The van der Waals surface area contributed by atoms with Crippen LogP contribution in [0.1, 0.15) is 33.1 Å². The predicted octanol–water partition coefficient (Wildman–Crippen LogP) is 4.33. The highest BCUT2D eigenvalue weighted by molar-refractivity contribution is 7.98. The molecule has 0 unspecified atom stereocenters. The molecule has 0 aliphatic heterocycles. The quantitative estimate of drug-likeness (QED) is 0.396. The van der Waals surface area contributed by atoms with Crippen LogP contribution in [0.3, 0.4) is 0 Å². The molecule has 0 amide bonds. The molecule has 118 valence electrons. The van der Waals surface area contributed by atoms with Crippen LogP contribution < -0.4 is 10.1 Å². The van der Waals surface area contributed by atoms with Crippen molar-refractivity contribution in [2.75, 3.05) is 23.9 Å². The van der Waals surface area contributed by atoms with Crippen LogP contribution in [-0.4, -0.2) is 29.6 Å². The van der Waals surface area contributed by atoms with Crippen molar-refractivity contribution in [2.45, 2.75) is 39.2 Å². The van der Waals surface area contributed by atoms with Crippen LogP contribution in [0.5, 0.6) is 5.75 Å². The van der Waals surface area contributed by atoms with Gasteiger partial charge in [0.25, 0.3) is 0 Å². The summed E-state index contributed by atoms with van der Waals surface area (Å²) in [6.07, 6.45) is 5.32. The highest BCUT2D eigenvalue weighted by Crippen LogP contribution is 2.35. The SMILES string of the molecule is CSCCCCCNc1cccc(OC(C)C)c1[N+](=O)[O-]. The zero-order valence-corrected chi connectivity index (χ0v) is 13.7. The second-order valence-electron chi connectivity index (χ2n) is 5.06. The summed E-state index contributed by atoms with van der Waals surface area (Å²) in [5, 5.41) is 14.4. The average Bonchev–Trinajstić information content (AvgIpc) is 2.41. The lowest BCUT2D eigenvalue weighted by molar-refractivity contribution is -0.385. The molecule has 0 saturated carbocycles. The number of thioether (sulfide) groups is 1. The van der Waals surface area contributed by atoms with E-state index in [4.69, 9.17) is 4.74 Å². The van der Waals surface area contributed by atoms with Gasteiger partial charge in [-0.05, 0) is 50.8 Å². The first-order chi connectivity index (χ1) is 10.1. The number of nitro groups is 1. The average molecular weight is 312 g/mol. The number of anilines is 1. The molecule has 0 saturated heterocycles. The molecule has 1 rings (SSSR count). The van der Waals surface area contributed by atoms with Gasteiger partial charge in [0, 0.05) is 6.54 Å². The van der Waals surface area contributed by atoms with E-state index in [9.17, 15) is 10.1 Å². The van der Waals surface area contributed by atoms with Crippen molar-refractivity contribution in [2.24, 2.45) is 0 Å². The van der Waals surface area contributed by atoms with E-state index in [1.165, 1.54) is 6.42 Å². The summed E-state index contributed by atoms with van der Waals surface area (Å²) in [6, 6.07) is 5.15. The molecule has 0 aliphatic carbocycles. The monoisotopic (exact) mass is 312 g/mol. The molecule has 6 heteroatoms. The van der Waals surface area contributed by atoms with Crippen molar-refractivity contribution >= 4 is 23.1 Å². The van der Waals surface area contributed by atoms with Gasteiger partial charge in [-0.15, -0.1) is 0 Å². The van der Waals surface area contributed by atoms with E-state index in [0.717, 1.165) is 25.1 Å². The van der Waals surface area contributed by atoms with Crippen LogP contribution in [0.15, 0.2) is 18.2 Å². The largest absolute Gasteiger partial charge is 0.484 e. The minimum absolute atomic E-state index is 0.0234. The number of nitrogens with zero attached hydrogens (tertiary/aromatic N) is 1. The fourth-order valence-electron chi connectivity index (χ4n) is 1.97. The lowest BCUT2D eigenvalue weighted by Gasteiger charge is -2.13.